The van der Waals surface area contributed by atoms with Crippen LogP contribution in [0.15, 0.2) is 18.2 Å². The van der Waals surface area contributed by atoms with Crippen molar-refractivity contribution in [3.05, 3.63) is 29.6 Å². The highest BCUT2D eigenvalue weighted by Gasteiger charge is 2.52. The van der Waals surface area contributed by atoms with Crippen LogP contribution in [0.2, 0.25) is 0 Å². The Morgan fingerprint density at radius 3 is 3.00 bits per heavy atom. The molecule has 6 heteroatoms. The van der Waals surface area contributed by atoms with Crippen LogP contribution in [-0.4, -0.2) is 33.4 Å². The Morgan fingerprint density at radius 1 is 1.52 bits per heavy atom. The van der Waals surface area contributed by atoms with E-state index in [1.54, 1.807) is 35.7 Å². The first-order valence-electron chi connectivity index (χ1n) is 6.94. The molecular formula is C15H17FN2O2S. The molecule has 0 spiro atoms. The molecule has 0 radical (unpaired) electrons. The molecule has 3 rings (SSSR count). The highest BCUT2D eigenvalue weighted by molar-refractivity contribution is 8.01. The van der Waals surface area contributed by atoms with E-state index >= 15 is 0 Å². The average Bonchev–Trinajstić information content (AvgIpc) is 2.91. The van der Waals surface area contributed by atoms with E-state index in [1.807, 2.05) is 6.92 Å². The van der Waals surface area contributed by atoms with Gasteiger partial charge in [0.15, 0.2) is 0 Å². The lowest BCUT2D eigenvalue weighted by Gasteiger charge is -2.29. The zero-order valence-electron chi connectivity index (χ0n) is 12.0. The molecule has 2 unspecified atom stereocenters. The van der Waals surface area contributed by atoms with Gasteiger partial charge in [0.25, 0.3) is 0 Å². The van der Waals surface area contributed by atoms with E-state index < -0.39 is 6.04 Å². The molecule has 2 amide bonds. The van der Waals surface area contributed by atoms with Crippen molar-refractivity contribution in [3.8, 4) is 0 Å². The second-order valence-corrected chi connectivity index (χ2v) is 7.22. The molecule has 1 aromatic carbocycles. The second kappa shape index (κ2) is 5.02. The third-order valence-electron chi connectivity index (χ3n) is 4.19. The number of nitrogens with one attached hydrogen (secondary N) is 1. The first kappa shape index (κ1) is 14.4. The van der Waals surface area contributed by atoms with Crippen LogP contribution in [0.1, 0.15) is 25.3 Å². The number of carbonyl (C=O) groups excluding carboxylic acids is 2. The van der Waals surface area contributed by atoms with Gasteiger partial charge in [-0.15, -0.1) is 11.8 Å². The molecule has 21 heavy (non-hydrogen) atoms. The van der Waals surface area contributed by atoms with Gasteiger partial charge in [-0.25, -0.2) is 4.39 Å². The number of thioether (sulfide) groups is 1. The minimum atomic E-state index is -0.473. The van der Waals surface area contributed by atoms with Gasteiger partial charge in [0, 0.05) is 17.9 Å². The Balaban J connectivity index is 1.77. The van der Waals surface area contributed by atoms with Crippen molar-refractivity contribution < 1.29 is 14.0 Å². The predicted octanol–water partition coefficient (Wildman–Crippen LogP) is 2.53. The largest absolute Gasteiger partial charge is 0.324 e. The maximum absolute atomic E-state index is 13.5. The highest BCUT2D eigenvalue weighted by atomic mass is 32.2. The van der Waals surface area contributed by atoms with Crippen molar-refractivity contribution in [1.29, 1.82) is 0 Å². The van der Waals surface area contributed by atoms with Gasteiger partial charge in [-0.05, 0) is 38.0 Å². The number of halogens is 1. The maximum Gasteiger partial charge on any atom is 0.248 e. The first-order valence-corrected chi connectivity index (χ1v) is 7.92. The van der Waals surface area contributed by atoms with Gasteiger partial charge >= 0.3 is 0 Å². The summed E-state index contributed by atoms with van der Waals surface area (Å²) in [6.45, 7) is 3.67. The van der Waals surface area contributed by atoms with Gasteiger partial charge < -0.3 is 10.2 Å². The molecule has 1 N–H and O–H groups in total. The van der Waals surface area contributed by atoms with Crippen LogP contribution in [0.25, 0.3) is 0 Å². The quantitative estimate of drug-likeness (QED) is 0.913. The number of anilines is 1. The summed E-state index contributed by atoms with van der Waals surface area (Å²) in [6, 6.07) is 4.13. The van der Waals surface area contributed by atoms with E-state index in [0.717, 1.165) is 6.42 Å². The molecule has 2 aliphatic rings. The van der Waals surface area contributed by atoms with E-state index in [9.17, 15) is 14.0 Å². The van der Waals surface area contributed by atoms with Gasteiger partial charge in [0.2, 0.25) is 11.8 Å². The molecule has 2 heterocycles. The van der Waals surface area contributed by atoms with Crippen molar-refractivity contribution in [2.45, 2.75) is 37.6 Å². The maximum atomic E-state index is 13.5. The standard InChI is InChI=1S/C15H17FN2O2S/c1-9-3-4-10(7-11(9)16)17-14(20)12-8-21-15(2)6-5-13(19)18(12)15/h3-4,7,12H,5-6,8H2,1-2H3,(H,17,20). The predicted molar refractivity (Wildman–Crippen MR) is 80.5 cm³/mol. The van der Waals surface area contributed by atoms with Crippen LogP contribution >= 0.6 is 11.8 Å². The van der Waals surface area contributed by atoms with Gasteiger partial charge in [0.1, 0.15) is 11.9 Å². The molecule has 0 aliphatic carbocycles. The van der Waals surface area contributed by atoms with Crippen LogP contribution < -0.4 is 5.32 Å². The lowest BCUT2D eigenvalue weighted by molar-refractivity contribution is -0.135. The van der Waals surface area contributed by atoms with Crippen LogP contribution in [0.5, 0.6) is 0 Å². The van der Waals surface area contributed by atoms with Crippen molar-refractivity contribution in [1.82, 2.24) is 4.90 Å². The minimum Gasteiger partial charge on any atom is -0.324 e. The normalized spacial score (nSPS) is 27.9. The average molecular weight is 308 g/mol. The Hall–Kier alpha value is -1.56. The summed E-state index contributed by atoms with van der Waals surface area (Å²) in [6.07, 6.45) is 1.27. The smallest absolute Gasteiger partial charge is 0.248 e. The van der Waals surface area contributed by atoms with Crippen molar-refractivity contribution in [2.75, 3.05) is 11.1 Å². The molecule has 4 nitrogen and oxygen atoms in total. The summed E-state index contributed by atoms with van der Waals surface area (Å²) in [5.74, 6) is 0.0146. The number of nitrogens with zero attached hydrogens (tertiary/aromatic N) is 1. The fourth-order valence-corrected chi connectivity index (χ4v) is 4.34. The molecule has 0 aromatic heterocycles. The Labute approximate surface area is 127 Å². The number of amides is 2. The van der Waals surface area contributed by atoms with Gasteiger partial charge in [0.05, 0.1) is 4.87 Å². The molecule has 2 saturated heterocycles. The Kier molecular flexibility index (Phi) is 3.43. The van der Waals surface area contributed by atoms with Crippen molar-refractivity contribution in [3.63, 3.8) is 0 Å². The van der Waals surface area contributed by atoms with Gasteiger partial charge in [-0.3, -0.25) is 9.59 Å². The number of hydrogen-bond acceptors (Lipinski definition) is 3. The topological polar surface area (TPSA) is 49.4 Å². The third-order valence-corrected chi connectivity index (χ3v) is 5.69. The lowest BCUT2D eigenvalue weighted by atomic mass is 10.2. The summed E-state index contributed by atoms with van der Waals surface area (Å²) in [4.78, 5) is 25.8. The SMILES string of the molecule is Cc1ccc(NC(=O)C2CSC3(C)CCC(=O)N23)cc1F. The van der Waals surface area contributed by atoms with Crippen LogP contribution in [0, 0.1) is 12.7 Å². The van der Waals surface area contributed by atoms with E-state index in [4.69, 9.17) is 0 Å². The number of benzene rings is 1. The van der Waals surface area contributed by atoms with Gasteiger partial charge in [-0.2, -0.15) is 0 Å². The molecule has 0 saturated carbocycles. The van der Waals surface area contributed by atoms with Crippen molar-refractivity contribution in [2.24, 2.45) is 0 Å². The first-order chi connectivity index (χ1) is 9.90. The van der Waals surface area contributed by atoms with Gasteiger partial charge in [-0.1, -0.05) is 6.07 Å². The van der Waals surface area contributed by atoms with Crippen molar-refractivity contribution >= 4 is 29.3 Å². The number of carbonyl (C=O) groups is 2. The number of fused-ring (bicyclic) bond motifs is 1. The van der Waals surface area contributed by atoms with E-state index in [0.29, 0.717) is 23.4 Å². The second-order valence-electron chi connectivity index (χ2n) is 5.72. The van der Waals surface area contributed by atoms with Crippen LogP contribution in [0.4, 0.5) is 10.1 Å². The summed E-state index contributed by atoms with van der Waals surface area (Å²) >= 11 is 1.64. The Bertz CT molecular complexity index is 622. The Morgan fingerprint density at radius 2 is 2.29 bits per heavy atom. The van der Waals surface area contributed by atoms with Crippen LogP contribution in [-0.2, 0) is 9.59 Å². The number of rotatable bonds is 2. The molecule has 2 fully saturated rings. The zero-order chi connectivity index (χ0) is 15.2. The molecule has 0 bridgehead atoms. The number of aryl methyl sites for hydroxylation is 1. The summed E-state index contributed by atoms with van der Waals surface area (Å²) in [5.41, 5.74) is 0.958. The third kappa shape index (κ3) is 2.41. The van der Waals surface area contributed by atoms with E-state index in [1.165, 1.54) is 6.07 Å². The fourth-order valence-electron chi connectivity index (χ4n) is 2.91. The summed E-state index contributed by atoms with van der Waals surface area (Å²) < 4.78 is 13.5. The highest BCUT2D eigenvalue weighted by Crippen LogP contribution is 2.47. The number of hydrogen-bond donors (Lipinski definition) is 1. The molecule has 1 aromatic rings. The molecule has 112 valence electrons. The van der Waals surface area contributed by atoms with E-state index in [2.05, 4.69) is 5.32 Å². The summed E-state index contributed by atoms with van der Waals surface area (Å²) in [5, 5.41) is 2.72. The lowest BCUT2D eigenvalue weighted by Crippen LogP contribution is -2.48. The monoisotopic (exact) mass is 308 g/mol. The summed E-state index contributed by atoms with van der Waals surface area (Å²) in [7, 11) is 0. The molecule has 2 atom stereocenters. The molecule has 2 aliphatic heterocycles. The fraction of sp³-hybridized carbons (Fsp3) is 0.467. The van der Waals surface area contributed by atoms with E-state index in [-0.39, 0.29) is 22.5 Å². The molecular weight excluding hydrogens is 291 g/mol. The van der Waals surface area contributed by atoms with Crippen LogP contribution in [0.3, 0.4) is 0 Å². The minimum absolute atomic E-state index is 0.0257. The zero-order valence-corrected chi connectivity index (χ0v) is 12.8.